The van der Waals surface area contributed by atoms with Crippen molar-refractivity contribution in [2.45, 2.75) is 62.1 Å². The molecule has 10 nitrogen and oxygen atoms in total. The summed E-state index contributed by atoms with van der Waals surface area (Å²) < 4.78 is 12.9. The van der Waals surface area contributed by atoms with Gasteiger partial charge in [0, 0.05) is 19.5 Å². The molecule has 266 valence electrons. The van der Waals surface area contributed by atoms with E-state index in [0.717, 1.165) is 5.56 Å². The molecule has 51 heavy (non-hydrogen) atoms. The van der Waals surface area contributed by atoms with Gasteiger partial charge in [0.15, 0.2) is 0 Å². The van der Waals surface area contributed by atoms with Crippen molar-refractivity contribution in [3.05, 3.63) is 133 Å². The van der Waals surface area contributed by atoms with Crippen LogP contribution in [0.25, 0.3) is 0 Å². The maximum absolute atomic E-state index is 14.9. The summed E-state index contributed by atoms with van der Waals surface area (Å²) in [4.78, 5) is 59.7. The van der Waals surface area contributed by atoms with E-state index in [9.17, 15) is 24.3 Å². The van der Waals surface area contributed by atoms with E-state index >= 15 is 0 Å². The standard InChI is InChI=1S/C41H45N3O7/c1-3-5-21-34(46)42-25-33(30-19-13-8-14-20-30)50-40(49)35-32-22-23-41(51-32)36(35)38(47)44(31(27-45)29-17-11-7-12-18-29)37(41)39(48)43(24-4-2)26-28-15-9-6-10-16-28/h3-4,6-20,31-33,35-37,45H,1-2,5,21-27H2,(H,42,46)/t31-,32+,33-,35-,36-,37+,41-/m1/s1. The molecule has 3 aliphatic heterocycles. The molecule has 0 saturated carbocycles. The maximum Gasteiger partial charge on any atom is 0.313 e. The zero-order valence-electron chi connectivity index (χ0n) is 28.6. The van der Waals surface area contributed by atoms with E-state index in [1.807, 2.05) is 91.0 Å². The monoisotopic (exact) mass is 691 g/mol. The van der Waals surface area contributed by atoms with Gasteiger partial charge in [0.05, 0.1) is 37.1 Å². The SMILES string of the molecule is C=CCCC(=O)NC[C@@H](OC(=O)[C@@H]1[C@@H]2CC[C@]3(O2)[C@H](C(=O)N(CC=C)Cc2ccccc2)N([C@H](CO)c2ccccc2)C(=O)[C@@H]13)c1ccccc1. The molecule has 3 saturated heterocycles. The Kier molecular flexibility index (Phi) is 11.1. The topological polar surface area (TPSA) is 125 Å². The van der Waals surface area contributed by atoms with Gasteiger partial charge in [0.25, 0.3) is 0 Å². The molecule has 3 aromatic carbocycles. The highest BCUT2D eigenvalue weighted by molar-refractivity contribution is 5.98. The molecular formula is C41H45N3O7. The average Bonchev–Trinajstić information content (AvgIpc) is 3.81. The van der Waals surface area contributed by atoms with Crippen LogP contribution in [0.15, 0.2) is 116 Å². The number of fused-ring (bicyclic) bond motifs is 1. The van der Waals surface area contributed by atoms with Gasteiger partial charge in [-0.25, -0.2) is 0 Å². The minimum atomic E-state index is -1.32. The first-order valence-electron chi connectivity index (χ1n) is 17.5. The number of carbonyl (C=O) groups is 4. The first kappa shape index (κ1) is 35.8. The Balaban J connectivity index is 1.35. The Morgan fingerprint density at radius 1 is 0.980 bits per heavy atom. The summed E-state index contributed by atoms with van der Waals surface area (Å²) in [5.74, 6) is -3.62. The number of aliphatic hydroxyl groups excluding tert-OH is 1. The largest absolute Gasteiger partial charge is 0.455 e. The van der Waals surface area contributed by atoms with Crippen LogP contribution in [0.4, 0.5) is 0 Å². The van der Waals surface area contributed by atoms with Crippen molar-refractivity contribution in [3.8, 4) is 0 Å². The summed E-state index contributed by atoms with van der Waals surface area (Å²) in [6.45, 7) is 7.64. The minimum absolute atomic E-state index is 0.0392. The smallest absolute Gasteiger partial charge is 0.313 e. The number of allylic oxidation sites excluding steroid dienone is 1. The third-order valence-corrected chi connectivity index (χ3v) is 10.3. The second-order valence-corrected chi connectivity index (χ2v) is 13.4. The number of hydrogen-bond donors (Lipinski definition) is 2. The number of nitrogens with zero attached hydrogens (tertiary/aromatic N) is 2. The molecular weight excluding hydrogens is 646 g/mol. The number of ether oxygens (including phenoxy) is 2. The van der Waals surface area contributed by atoms with E-state index in [4.69, 9.17) is 9.47 Å². The van der Waals surface area contributed by atoms with Crippen LogP contribution in [-0.4, -0.2) is 76.0 Å². The van der Waals surface area contributed by atoms with Crippen molar-refractivity contribution in [2.24, 2.45) is 11.8 Å². The molecule has 2 bridgehead atoms. The lowest BCUT2D eigenvalue weighted by Crippen LogP contribution is -2.57. The van der Waals surface area contributed by atoms with E-state index in [1.54, 1.807) is 17.1 Å². The van der Waals surface area contributed by atoms with E-state index < -0.39 is 60.2 Å². The molecule has 3 aliphatic rings. The number of rotatable bonds is 16. The Labute approximate surface area is 298 Å². The first-order chi connectivity index (χ1) is 24.8. The highest BCUT2D eigenvalue weighted by atomic mass is 16.6. The molecule has 3 fully saturated rings. The molecule has 0 aromatic heterocycles. The van der Waals surface area contributed by atoms with Crippen molar-refractivity contribution >= 4 is 23.7 Å². The van der Waals surface area contributed by atoms with Gasteiger partial charge in [0.1, 0.15) is 17.7 Å². The number of amides is 3. The second kappa shape index (κ2) is 15.9. The fraction of sp³-hybridized carbons (Fsp3) is 0.366. The number of esters is 1. The van der Waals surface area contributed by atoms with Gasteiger partial charge < -0.3 is 29.7 Å². The number of benzene rings is 3. The number of aliphatic hydroxyl groups is 1. The Hall–Kier alpha value is -5.06. The lowest BCUT2D eigenvalue weighted by molar-refractivity contribution is -0.161. The molecule has 3 heterocycles. The van der Waals surface area contributed by atoms with Crippen LogP contribution in [0.3, 0.4) is 0 Å². The molecule has 10 heteroatoms. The Bertz CT molecular complexity index is 1720. The van der Waals surface area contributed by atoms with Crippen LogP contribution < -0.4 is 5.32 Å². The molecule has 0 aliphatic carbocycles. The predicted molar refractivity (Wildman–Crippen MR) is 190 cm³/mol. The number of nitrogens with one attached hydrogen (secondary N) is 1. The zero-order valence-corrected chi connectivity index (χ0v) is 28.6. The van der Waals surface area contributed by atoms with E-state index in [2.05, 4.69) is 18.5 Å². The Morgan fingerprint density at radius 3 is 2.25 bits per heavy atom. The van der Waals surface area contributed by atoms with Crippen LogP contribution in [-0.2, 0) is 35.2 Å². The molecule has 6 rings (SSSR count). The van der Waals surface area contributed by atoms with Gasteiger partial charge in [-0.3, -0.25) is 19.2 Å². The maximum atomic E-state index is 14.9. The Morgan fingerprint density at radius 2 is 1.63 bits per heavy atom. The number of hydrogen-bond acceptors (Lipinski definition) is 7. The van der Waals surface area contributed by atoms with Crippen molar-refractivity contribution in [2.75, 3.05) is 19.7 Å². The van der Waals surface area contributed by atoms with E-state index in [-0.39, 0.29) is 37.9 Å². The van der Waals surface area contributed by atoms with Crippen molar-refractivity contribution in [1.82, 2.24) is 15.1 Å². The van der Waals surface area contributed by atoms with Crippen LogP contribution in [0, 0.1) is 11.8 Å². The van der Waals surface area contributed by atoms with E-state index in [0.29, 0.717) is 30.4 Å². The van der Waals surface area contributed by atoms with Crippen LogP contribution in [0.1, 0.15) is 54.5 Å². The lowest BCUT2D eigenvalue weighted by Gasteiger charge is -2.39. The van der Waals surface area contributed by atoms with Crippen molar-refractivity contribution in [3.63, 3.8) is 0 Å². The number of carbonyl (C=O) groups excluding carboxylic acids is 4. The van der Waals surface area contributed by atoms with Gasteiger partial charge in [-0.2, -0.15) is 0 Å². The van der Waals surface area contributed by atoms with Crippen LogP contribution in [0.5, 0.6) is 0 Å². The molecule has 2 N–H and O–H groups in total. The summed E-state index contributed by atoms with van der Waals surface area (Å²) in [5.41, 5.74) is 0.931. The fourth-order valence-corrected chi connectivity index (χ4v) is 8.01. The average molecular weight is 692 g/mol. The molecule has 3 aromatic rings. The summed E-state index contributed by atoms with van der Waals surface area (Å²) in [7, 11) is 0. The predicted octanol–water partition coefficient (Wildman–Crippen LogP) is 4.68. The van der Waals surface area contributed by atoms with Gasteiger partial charge in [-0.1, -0.05) is 103 Å². The first-order valence-corrected chi connectivity index (χ1v) is 17.5. The molecule has 0 radical (unpaired) electrons. The van der Waals surface area contributed by atoms with Gasteiger partial charge in [-0.05, 0) is 36.0 Å². The van der Waals surface area contributed by atoms with Crippen LogP contribution in [0.2, 0.25) is 0 Å². The highest BCUT2D eigenvalue weighted by Gasteiger charge is 2.75. The third-order valence-electron chi connectivity index (χ3n) is 10.3. The van der Waals surface area contributed by atoms with Crippen LogP contribution >= 0.6 is 0 Å². The number of likely N-dealkylation sites (tertiary alicyclic amines) is 1. The summed E-state index contributed by atoms with van der Waals surface area (Å²) in [6.07, 6.45) is 3.43. The molecule has 7 atom stereocenters. The van der Waals surface area contributed by atoms with Gasteiger partial charge >= 0.3 is 5.97 Å². The highest BCUT2D eigenvalue weighted by Crippen LogP contribution is 2.60. The summed E-state index contributed by atoms with van der Waals surface area (Å²) in [6, 6.07) is 25.8. The molecule has 1 spiro atoms. The third kappa shape index (κ3) is 7.11. The summed E-state index contributed by atoms with van der Waals surface area (Å²) >= 11 is 0. The molecule has 3 amide bonds. The minimum Gasteiger partial charge on any atom is -0.455 e. The van der Waals surface area contributed by atoms with Gasteiger partial charge in [0.2, 0.25) is 17.7 Å². The lowest BCUT2D eigenvalue weighted by atomic mass is 9.70. The van der Waals surface area contributed by atoms with E-state index in [1.165, 1.54) is 4.90 Å². The molecule has 0 unspecified atom stereocenters. The van der Waals surface area contributed by atoms with Crippen molar-refractivity contribution in [1.29, 1.82) is 0 Å². The zero-order chi connectivity index (χ0) is 36.0. The van der Waals surface area contributed by atoms with Crippen molar-refractivity contribution < 1.29 is 33.8 Å². The normalized spacial score (nSPS) is 24.3. The fourth-order valence-electron chi connectivity index (χ4n) is 8.01. The van der Waals surface area contributed by atoms with Gasteiger partial charge in [-0.15, -0.1) is 13.2 Å². The summed E-state index contributed by atoms with van der Waals surface area (Å²) in [5, 5.41) is 13.7. The quantitative estimate of drug-likeness (QED) is 0.165. The second-order valence-electron chi connectivity index (χ2n) is 13.4.